The highest BCUT2D eigenvalue weighted by Gasteiger charge is 2.19. The minimum atomic E-state index is 0.603. The number of nitrogens with one attached hydrogen (secondary N) is 1. The Morgan fingerprint density at radius 2 is 1.77 bits per heavy atom. The van der Waals surface area contributed by atoms with Crippen molar-refractivity contribution in [2.45, 2.75) is 13.0 Å². The molecule has 7 heteroatoms. The predicted molar refractivity (Wildman–Crippen MR) is 145 cm³/mol. The molecule has 1 aliphatic heterocycles. The number of ether oxygens (including phenoxy) is 2. The van der Waals surface area contributed by atoms with Gasteiger partial charge in [0.05, 0.1) is 31.0 Å². The van der Waals surface area contributed by atoms with Crippen molar-refractivity contribution < 1.29 is 9.47 Å². The summed E-state index contributed by atoms with van der Waals surface area (Å²) in [5.74, 6) is 0.904. The lowest BCUT2D eigenvalue weighted by Crippen LogP contribution is -2.44. The standard InChI is InChI=1S/C28H31BrN4O2/c1-32-12-14-33(15-13-32)26-11-8-22(28-24-19-23(29)9-10-25(24)30-31-28)18-27(26)35-17-5-16-34-20-21-6-3-2-4-7-21/h2-4,6-11,18-19H,5,12-17,20H2,1H3,(H,30,31). The SMILES string of the molecule is CN1CCN(c2ccc(-c3n[nH]c4ccc(Br)cc34)cc2OCCCOCc2ccccc2)CC1. The molecule has 0 bridgehead atoms. The topological polar surface area (TPSA) is 53.6 Å². The van der Waals surface area contributed by atoms with Gasteiger partial charge in [-0.25, -0.2) is 0 Å². The molecule has 1 fully saturated rings. The van der Waals surface area contributed by atoms with Crippen LogP contribution in [0.5, 0.6) is 5.75 Å². The van der Waals surface area contributed by atoms with Crippen molar-refractivity contribution in [1.29, 1.82) is 0 Å². The van der Waals surface area contributed by atoms with Crippen LogP contribution in [0.15, 0.2) is 71.2 Å². The second-order valence-corrected chi connectivity index (χ2v) is 9.89. The van der Waals surface area contributed by atoms with E-state index in [4.69, 9.17) is 9.47 Å². The zero-order valence-electron chi connectivity index (χ0n) is 20.0. The summed E-state index contributed by atoms with van der Waals surface area (Å²) in [4.78, 5) is 4.79. The predicted octanol–water partition coefficient (Wildman–Crippen LogP) is 5.73. The van der Waals surface area contributed by atoms with Crippen LogP contribution in [0.1, 0.15) is 12.0 Å². The van der Waals surface area contributed by atoms with Crippen LogP contribution >= 0.6 is 15.9 Å². The van der Waals surface area contributed by atoms with E-state index in [1.165, 1.54) is 5.56 Å². The van der Waals surface area contributed by atoms with Crippen LogP contribution in [0.3, 0.4) is 0 Å². The Morgan fingerprint density at radius 3 is 2.60 bits per heavy atom. The van der Waals surface area contributed by atoms with Crippen LogP contribution in [0, 0.1) is 0 Å². The Morgan fingerprint density at radius 1 is 0.943 bits per heavy atom. The Kier molecular flexibility index (Phi) is 7.66. The van der Waals surface area contributed by atoms with Crippen molar-refractivity contribution in [2.24, 2.45) is 0 Å². The summed E-state index contributed by atoms with van der Waals surface area (Å²) in [6, 6.07) is 22.9. The molecule has 0 spiro atoms. The molecule has 0 aliphatic carbocycles. The number of nitrogens with zero attached hydrogens (tertiary/aromatic N) is 3. The number of piperazine rings is 1. The first-order chi connectivity index (χ1) is 17.2. The van der Waals surface area contributed by atoms with Gasteiger partial charge >= 0.3 is 0 Å². The molecule has 0 saturated carbocycles. The van der Waals surface area contributed by atoms with Crippen molar-refractivity contribution in [1.82, 2.24) is 15.1 Å². The van der Waals surface area contributed by atoms with E-state index in [1.807, 2.05) is 30.3 Å². The zero-order chi connectivity index (χ0) is 24.0. The third-order valence-electron chi connectivity index (χ3n) is 6.40. The van der Waals surface area contributed by atoms with Gasteiger partial charge in [-0.15, -0.1) is 0 Å². The molecular weight excluding hydrogens is 504 g/mol. The number of H-pyrrole nitrogens is 1. The number of anilines is 1. The molecule has 3 aromatic carbocycles. The normalized spacial score (nSPS) is 14.5. The number of benzene rings is 3. The van der Waals surface area contributed by atoms with Crippen molar-refractivity contribution >= 4 is 32.5 Å². The van der Waals surface area contributed by atoms with Gasteiger partial charge in [0.25, 0.3) is 0 Å². The van der Waals surface area contributed by atoms with E-state index in [1.54, 1.807) is 0 Å². The minimum absolute atomic E-state index is 0.603. The summed E-state index contributed by atoms with van der Waals surface area (Å²) < 4.78 is 13.2. The van der Waals surface area contributed by atoms with E-state index in [-0.39, 0.29) is 0 Å². The van der Waals surface area contributed by atoms with Crippen LogP contribution in [-0.2, 0) is 11.3 Å². The first-order valence-corrected chi connectivity index (χ1v) is 12.9. The van der Waals surface area contributed by atoms with E-state index < -0.39 is 0 Å². The van der Waals surface area contributed by atoms with Gasteiger partial charge in [0, 0.05) is 48.0 Å². The number of likely N-dealkylation sites (N-methyl/N-ethyl adjacent to an activating group) is 1. The van der Waals surface area contributed by atoms with Crippen LogP contribution in [0.25, 0.3) is 22.2 Å². The Bertz CT molecular complexity index is 1250. The number of hydrogen-bond acceptors (Lipinski definition) is 5. The van der Waals surface area contributed by atoms with Crippen LogP contribution in [-0.4, -0.2) is 61.5 Å². The molecule has 2 heterocycles. The molecule has 6 nitrogen and oxygen atoms in total. The van der Waals surface area contributed by atoms with Gasteiger partial charge in [0.2, 0.25) is 0 Å². The Hall–Kier alpha value is -2.87. The second-order valence-electron chi connectivity index (χ2n) is 8.98. The first kappa shape index (κ1) is 23.9. The third kappa shape index (κ3) is 5.86. The van der Waals surface area contributed by atoms with Gasteiger partial charge in [0.15, 0.2) is 0 Å². The highest BCUT2D eigenvalue weighted by molar-refractivity contribution is 9.10. The van der Waals surface area contributed by atoms with Crippen LogP contribution < -0.4 is 9.64 Å². The average Bonchev–Trinajstić information content (AvgIpc) is 3.30. The smallest absolute Gasteiger partial charge is 0.143 e. The van der Waals surface area contributed by atoms with Crippen LogP contribution in [0.4, 0.5) is 5.69 Å². The maximum Gasteiger partial charge on any atom is 0.143 e. The molecule has 1 N–H and O–H groups in total. The maximum absolute atomic E-state index is 6.36. The molecule has 1 saturated heterocycles. The zero-order valence-corrected chi connectivity index (χ0v) is 21.6. The quantitative estimate of drug-likeness (QED) is 0.278. The molecule has 182 valence electrons. The summed E-state index contributed by atoms with van der Waals surface area (Å²) in [5.41, 5.74) is 5.33. The number of halogens is 1. The van der Waals surface area contributed by atoms with E-state index in [9.17, 15) is 0 Å². The Balaban J connectivity index is 1.30. The molecule has 35 heavy (non-hydrogen) atoms. The molecule has 4 aromatic rings. The molecule has 0 unspecified atom stereocenters. The number of rotatable bonds is 9. The molecule has 1 aliphatic rings. The van der Waals surface area contributed by atoms with Gasteiger partial charge in [-0.3, -0.25) is 5.10 Å². The Labute approximate surface area is 215 Å². The summed E-state index contributed by atoms with van der Waals surface area (Å²) in [7, 11) is 2.17. The average molecular weight is 535 g/mol. The van der Waals surface area contributed by atoms with Crippen molar-refractivity contribution in [3.8, 4) is 17.0 Å². The van der Waals surface area contributed by atoms with Crippen molar-refractivity contribution in [2.75, 3.05) is 51.3 Å². The highest BCUT2D eigenvalue weighted by atomic mass is 79.9. The lowest BCUT2D eigenvalue weighted by atomic mass is 10.1. The molecule has 0 atom stereocenters. The summed E-state index contributed by atoms with van der Waals surface area (Å²) in [5, 5.41) is 8.85. The minimum Gasteiger partial charge on any atom is -0.491 e. The monoisotopic (exact) mass is 534 g/mol. The number of aromatic amines is 1. The number of hydrogen-bond donors (Lipinski definition) is 1. The van der Waals surface area contributed by atoms with Gasteiger partial charge in [0.1, 0.15) is 11.4 Å². The summed E-state index contributed by atoms with van der Waals surface area (Å²) >= 11 is 3.59. The number of aromatic nitrogens is 2. The fraction of sp³-hybridized carbons (Fsp3) is 0.321. The number of fused-ring (bicyclic) bond motifs is 1. The maximum atomic E-state index is 6.36. The molecule has 5 rings (SSSR count). The van der Waals surface area contributed by atoms with Gasteiger partial charge in [-0.1, -0.05) is 52.3 Å². The van der Waals surface area contributed by atoms with Crippen molar-refractivity contribution in [3.63, 3.8) is 0 Å². The lowest BCUT2D eigenvalue weighted by molar-refractivity contribution is 0.107. The largest absolute Gasteiger partial charge is 0.491 e. The van der Waals surface area contributed by atoms with Crippen molar-refractivity contribution in [3.05, 3.63) is 76.8 Å². The first-order valence-electron chi connectivity index (χ1n) is 12.1. The lowest BCUT2D eigenvalue weighted by Gasteiger charge is -2.35. The van der Waals surface area contributed by atoms with E-state index in [0.29, 0.717) is 19.8 Å². The van der Waals surface area contributed by atoms with E-state index in [0.717, 1.165) is 70.7 Å². The third-order valence-corrected chi connectivity index (χ3v) is 6.90. The van der Waals surface area contributed by atoms with Gasteiger partial charge in [-0.05, 0) is 42.9 Å². The molecule has 0 amide bonds. The molecule has 0 radical (unpaired) electrons. The molecular formula is C28H31BrN4O2. The van der Waals surface area contributed by atoms with E-state index >= 15 is 0 Å². The fourth-order valence-electron chi connectivity index (χ4n) is 4.40. The molecule has 1 aromatic heterocycles. The summed E-state index contributed by atoms with van der Waals surface area (Å²) in [6.07, 6.45) is 0.831. The van der Waals surface area contributed by atoms with Gasteiger partial charge < -0.3 is 19.3 Å². The van der Waals surface area contributed by atoms with Crippen LogP contribution in [0.2, 0.25) is 0 Å². The highest BCUT2D eigenvalue weighted by Crippen LogP contribution is 2.36. The fourth-order valence-corrected chi connectivity index (χ4v) is 4.76. The second kappa shape index (κ2) is 11.2. The van der Waals surface area contributed by atoms with E-state index in [2.05, 4.69) is 79.4 Å². The summed E-state index contributed by atoms with van der Waals surface area (Å²) in [6.45, 7) is 5.97. The van der Waals surface area contributed by atoms with Gasteiger partial charge in [-0.2, -0.15) is 5.10 Å².